The molecule has 0 aromatic heterocycles. The fourth-order valence-corrected chi connectivity index (χ4v) is 0.725. The lowest BCUT2D eigenvalue weighted by Crippen LogP contribution is -2.17. The van der Waals surface area contributed by atoms with Crippen molar-refractivity contribution in [2.75, 3.05) is 13.6 Å². The fraction of sp³-hybridized carbons (Fsp3) is 0.429. The van der Waals surface area contributed by atoms with Crippen LogP contribution in [0.3, 0.4) is 0 Å². The number of nitrogens with zero attached hydrogens (tertiary/aromatic N) is 1. The third-order valence-corrected chi connectivity index (χ3v) is 1.40. The molecule has 0 N–H and O–H groups in total. The Balaban J connectivity index is 2.74. The van der Waals surface area contributed by atoms with Crippen molar-refractivity contribution >= 4 is 0 Å². The number of likely N-dealkylation sites (N-methyl/N-ethyl adjacent to an activating group) is 1. The van der Waals surface area contributed by atoms with Gasteiger partial charge in [0.25, 0.3) is 0 Å². The Morgan fingerprint density at radius 2 is 2.33 bits per heavy atom. The highest BCUT2D eigenvalue weighted by Gasteiger charge is 2.05. The zero-order valence-electron chi connectivity index (χ0n) is 5.69. The van der Waals surface area contributed by atoms with Crippen LogP contribution in [0.25, 0.3) is 0 Å². The van der Waals surface area contributed by atoms with Crippen LogP contribution in [0.2, 0.25) is 0 Å². The van der Waals surface area contributed by atoms with Crippen LogP contribution in [-0.4, -0.2) is 18.5 Å². The molecule has 0 atom stereocenters. The molecule has 0 radical (unpaired) electrons. The van der Waals surface area contributed by atoms with Crippen LogP contribution in [-0.2, 0) is 0 Å². The Morgan fingerprint density at radius 3 is 2.78 bits per heavy atom. The normalized spacial score (nSPS) is 19.2. The zero-order chi connectivity index (χ0) is 6.85. The molecule has 1 heterocycles. The maximum atomic E-state index is 12.6. The summed E-state index contributed by atoms with van der Waals surface area (Å²) in [5.74, 6) is -0.144. The third kappa shape index (κ3) is 1.31. The first-order chi connectivity index (χ1) is 4.20. The van der Waals surface area contributed by atoms with E-state index in [1.807, 2.05) is 13.0 Å². The van der Waals surface area contributed by atoms with Gasteiger partial charge in [0.05, 0.1) is 0 Å². The standard InChI is InChI=1S/C7H10FN/c1-6-3-4-9(2)7(8)5-6/h3,5H,4H2,1-2H3. The average Bonchev–Trinajstić information content (AvgIpc) is 1.80. The summed E-state index contributed by atoms with van der Waals surface area (Å²) < 4.78 is 12.6. The minimum atomic E-state index is -0.144. The molecule has 0 fully saturated rings. The van der Waals surface area contributed by atoms with E-state index < -0.39 is 0 Å². The molecule has 1 aliphatic heterocycles. The molecule has 9 heavy (non-hydrogen) atoms. The Hall–Kier alpha value is -0.790. The SMILES string of the molecule is CC1=CCN(C)C(F)=C1. The lowest BCUT2D eigenvalue weighted by Gasteiger charge is -2.18. The van der Waals surface area contributed by atoms with Crippen molar-refractivity contribution in [2.24, 2.45) is 0 Å². The molecular formula is C7H10FN. The summed E-state index contributed by atoms with van der Waals surface area (Å²) in [6.45, 7) is 2.58. The van der Waals surface area contributed by atoms with E-state index in [2.05, 4.69) is 0 Å². The topological polar surface area (TPSA) is 3.24 Å². The maximum Gasteiger partial charge on any atom is 0.189 e. The molecule has 0 aromatic carbocycles. The first kappa shape index (κ1) is 6.33. The minimum Gasteiger partial charge on any atom is -0.348 e. The Kier molecular flexibility index (Phi) is 1.56. The quantitative estimate of drug-likeness (QED) is 0.447. The summed E-state index contributed by atoms with van der Waals surface area (Å²) in [6, 6.07) is 0. The molecule has 0 amide bonds. The number of hydrogen-bond acceptors (Lipinski definition) is 1. The highest BCUT2D eigenvalue weighted by molar-refractivity contribution is 5.22. The predicted molar refractivity (Wildman–Crippen MR) is 35.6 cm³/mol. The van der Waals surface area contributed by atoms with Gasteiger partial charge >= 0.3 is 0 Å². The molecule has 1 nitrogen and oxygen atoms in total. The smallest absolute Gasteiger partial charge is 0.189 e. The summed E-state index contributed by atoms with van der Waals surface area (Å²) >= 11 is 0. The first-order valence-electron chi connectivity index (χ1n) is 2.95. The highest BCUT2D eigenvalue weighted by atomic mass is 19.1. The van der Waals surface area contributed by atoms with Crippen LogP contribution in [0, 0.1) is 0 Å². The average molecular weight is 127 g/mol. The van der Waals surface area contributed by atoms with E-state index in [0.717, 1.165) is 5.57 Å². The molecule has 1 rings (SSSR count). The molecule has 0 saturated heterocycles. The van der Waals surface area contributed by atoms with Crippen molar-refractivity contribution in [3.8, 4) is 0 Å². The van der Waals surface area contributed by atoms with E-state index in [-0.39, 0.29) is 5.95 Å². The zero-order valence-corrected chi connectivity index (χ0v) is 5.69. The molecule has 0 bridgehead atoms. The van der Waals surface area contributed by atoms with Crippen molar-refractivity contribution in [3.63, 3.8) is 0 Å². The number of hydrogen-bond donors (Lipinski definition) is 0. The van der Waals surface area contributed by atoms with Crippen molar-refractivity contribution in [1.29, 1.82) is 0 Å². The van der Waals surface area contributed by atoms with Crippen LogP contribution in [0.1, 0.15) is 6.92 Å². The van der Waals surface area contributed by atoms with Crippen LogP contribution in [0.4, 0.5) is 4.39 Å². The lowest BCUT2D eigenvalue weighted by molar-refractivity contribution is 0.340. The summed E-state index contributed by atoms with van der Waals surface area (Å²) in [6.07, 6.45) is 3.52. The van der Waals surface area contributed by atoms with Gasteiger partial charge in [-0.1, -0.05) is 6.08 Å². The summed E-state index contributed by atoms with van der Waals surface area (Å²) in [7, 11) is 1.73. The van der Waals surface area contributed by atoms with Crippen molar-refractivity contribution in [2.45, 2.75) is 6.92 Å². The second kappa shape index (κ2) is 2.21. The van der Waals surface area contributed by atoms with Gasteiger partial charge in [-0.2, -0.15) is 4.39 Å². The molecule has 0 spiro atoms. The highest BCUT2D eigenvalue weighted by Crippen LogP contribution is 2.12. The summed E-state index contributed by atoms with van der Waals surface area (Å²) in [5.41, 5.74) is 1.01. The number of halogens is 1. The van der Waals surface area contributed by atoms with Gasteiger partial charge < -0.3 is 4.90 Å². The molecular weight excluding hydrogens is 117 g/mol. The molecule has 0 unspecified atom stereocenters. The maximum absolute atomic E-state index is 12.6. The fourth-order valence-electron chi connectivity index (χ4n) is 0.725. The van der Waals surface area contributed by atoms with E-state index in [1.54, 1.807) is 11.9 Å². The van der Waals surface area contributed by atoms with E-state index in [9.17, 15) is 4.39 Å². The van der Waals surface area contributed by atoms with Crippen LogP contribution < -0.4 is 0 Å². The van der Waals surface area contributed by atoms with Gasteiger partial charge in [0, 0.05) is 13.6 Å². The van der Waals surface area contributed by atoms with Crippen LogP contribution >= 0.6 is 0 Å². The molecule has 50 valence electrons. The molecule has 0 aliphatic carbocycles. The Morgan fingerprint density at radius 1 is 1.67 bits per heavy atom. The Labute approximate surface area is 54.5 Å². The number of rotatable bonds is 0. The van der Waals surface area contributed by atoms with E-state index in [4.69, 9.17) is 0 Å². The van der Waals surface area contributed by atoms with Gasteiger partial charge in [-0.15, -0.1) is 0 Å². The van der Waals surface area contributed by atoms with Gasteiger partial charge in [0.2, 0.25) is 0 Å². The monoisotopic (exact) mass is 127 g/mol. The van der Waals surface area contributed by atoms with Gasteiger partial charge in [0.15, 0.2) is 5.95 Å². The summed E-state index contributed by atoms with van der Waals surface area (Å²) in [4.78, 5) is 1.56. The molecule has 1 aliphatic rings. The third-order valence-electron chi connectivity index (χ3n) is 1.40. The predicted octanol–water partition coefficient (Wildman–Crippen LogP) is 1.69. The minimum absolute atomic E-state index is 0.144. The molecule has 0 saturated carbocycles. The summed E-state index contributed by atoms with van der Waals surface area (Å²) in [5, 5.41) is 0. The second-order valence-electron chi connectivity index (χ2n) is 2.30. The van der Waals surface area contributed by atoms with E-state index in [1.165, 1.54) is 6.08 Å². The van der Waals surface area contributed by atoms with Gasteiger partial charge in [0.1, 0.15) is 0 Å². The van der Waals surface area contributed by atoms with Crippen molar-refractivity contribution < 1.29 is 4.39 Å². The molecule has 0 aromatic rings. The van der Waals surface area contributed by atoms with Crippen LogP contribution in [0.15, 0.2) is 23.7 Å². The van der Waals surface area contributed by atoms with Gasteiger partial charge in [-0.25, -0.2) is 0 Å². The van der Waals surface area contributed by atoms with Gasteiger partial charge in [-0.3, -0.25) is 0 Å². The second-order valence-corrected chi connectivity index (χ2v) is 2.30. The van der Waals surface area contributed by atoms with Crippen molar-refractivity contribution in [1.82, 2.24) is 4.90 Å². The van der Waals surface area contributed by atoms with E-state index >= 15 is 0 Å². The van der Waals surface area contributed by atoms with Crippen LogP contribution in [0.5, 0.6) is 0 Å². The Bertz CT molecular complexity index is 170. The molecule has 2 heteroatoms. The number of allylic oxidation sites excluding steroid dienone is 2. The van der Waals surface area contributed by atoms with Gasteiger partial charge in [-0.05, 0) is 18.6 Å². The van der Waals surface area contributed by atoms with Crippen molar-refractivity contribution in [3.05, 3.63) is 23.7 Å². The lowest BCUT2D eigenvalue weighted by atomic mass is 10.2. The largest absolute Gasteiger partial charge is 0.348 e. The first-order valence-corrected chi connectivity index (χ1v) is 2.95. The van der Waals surface area contributed by atoms with E-state index in [0.29, 0.717) is 6.54 Å².